The second-order valence-corrected chi connectivity index (χ2v) is 7.47. The zero-order chi connectivity index (χ0) is 17.6. The number of carbonyl (C=O) groups excluding carboxylic acids is 1. The third-order valence-corrected chi connectivity index (χ3v) is 5.69. The molecule has 1 fully saturated rings. The summed E-state index contributed by atoms with van der Waals surface area (Å²) in [7, 11) is 0. The minimum atomic E-state index is -0.159. The van der Waals surface area contributed by atoms with Crippen LogP contribution in [0.25, 0.3) is 0 Å². The number of carbonyl (C=O) groups is 1. The molecular formula is C16H19N5O2S2. The van der Waals surface area contributed by atoms with Gasteiger partial charge in [0.2, 0.25) is 5.91 Å². The molecule has 1 saturated heterocycles. The van der Waals surface area contributed by atoms with Crippen LogP contribution >= 0.6 is 23.1 Å². The highest BCUT2D eigenvalue weighted by Gasteiger charge is 2.21. The highest BCUT2D eigenvalue weighted by atomic mass is 32.2. The number of anilines is 1. The van der Waals surface area contributed by atoms with Gasteiger partial charge in [0.1, 0.15) is 16.9 Å². The number of amides is 1. The molecule has 1 amide bonds. The maximum atomic E-state index is 12.2. The smallest absolute Gasteiger partial charge is 0.235 e. The zero-order valence-corrected chi connectivity index (χ0v) is 15.5. The van der Waals surface area contributed by atoms with Crippen LogP contribution in [0.15, 0.2) is 16.6 Å². The van der Waals surface area contributed by atoms with Crippen molar-refractivity contribution in [1.29, 1.82) is 5.26 Å². The number of aromatic nitrogens is 3. The number of hydrogen-bond donors (Lipinski definition) is 1. The van der Waals surface area contributed by atoms with E-state index in [2.05, 4.69) is 26.2 Å². The van der Waals surface area contributed by atoms with Gasteiger partial charge in [-0.3, -0.25) is 4.79 Å². The Morgan fingerprint density at radius 1 is 1.60 bits per heavy atom. The highest BCUT2D eigenvalue weighted by molar-refractivity contribution is 7.99. The summed E-state index contributed by atoms with van der Waals surface area (Å²) in [6.45, 7) is 3.57. The van der Waals surface area contributed by atoms with Crippen molar-refractivity contribution < 1.29 is 9.53 Å². The van der Waals surface area contributed by atoms with Crippen molar-refractivity contribution >= 4 is 34.0 Å². The molecular weight excluding hydrogens is 358 g/mol. The number of nitriles is 1. The molecule has 1 unspecified atom stereocenters. The summed E-state index contributed by atoms with van der Waals surface area (Å²) in [5.41, 5.74) is 0.484. The predicted molar refractivity (Wildman–Crippen MR) is 96.8 cm³/mol. The summed E-state index contributed by atoms with van der Waals surface area (Å²) in [6.07, 6.45) is 3.11. The molecule has 132 valence electrons. The molecule has 3 rings (SSSR count). The van der Waals surface area contributed by atoms with Crippen LogP contribution in [-0.2, 0) is 22.5 Å². The molecule has 2 aromatic heterocycles. The van der Waals surface area contributed by atoms with E-state index in [4.69, 9.17) is 10.00 Å². The van der Waals surface area contributed by atoms with Crippen LogP contribution in [0.4, 0.5) is 5.00 Å². The van der Waals surface area contributed by atoms with E-state index in [9.17, 15) is 4.79 Å². The van der Waals surface area contributed by atoms with E-state index in [0.29, 0.717) is 10.6 Å². The number of rotatable bonds is 7. The van der Waals surface area contributed by atoms with Crippen LogP contribution in [0.2, 0.25) is 0 Å². The molecule has 1 aliphatic heterocycles. The normalized spacial score (nSPS) is 16.7. The third kappa shape index (κ3) is 4.39. The SMILES string of the molecule is CCc1nnc(SCC(=O)Nc2sccc2C#N)n1CC1CCCO1. The quantitative estimate of drug-likeness (QED) is 0.746. The summed E-state index contributed by atoms with van der Waals surface area (Å²) in [4.78, 5) is 12.2. The van der Waals surface area contributed by atoms with E-state index in [1.165, 1.54) is 23.1 Å². The molecule has 2 aromatic rings. The summed E-state index contributed by atoms with van der Waals surface area (Å²) < 4.78 is 7.76. The monoisotopic (exact) mass is 377 g/mol. The van der Waals surface area contributed by atoms with Gasteiger partial charge in [-0.25, -0.2) is 0 Å². The molecule has 1 N–H and O–H groups in total. The lowest BCUT2D eigenvalue weighted by Gasteiger charge is -2.14. The van der Waals surface area contributed by atoms with E-state index < -0.39 is 0 Å². The van der Waals surface area contributed by atoms with Crippen LogP contribution in [0.3, 0.4) is 0 Å². The third-order valence-electron chi connectivity index (χ3n) is 3.89. The first kappa shape index (κ1) is 17.9. The lowest BCUT2D eigenvalue weighted by Crippen LogP contribution is -2.19. The number of aryl methyl sites for hydroxylation is 1. The molecule has 0 aromatic carbocycles. The van der Waals surface area contributed by atoms with Crippen LogP contribution < -0.4 is 5.32 Å². The average Bonchev–Trinajstić information content (AvgIpc) is 3.34. The molecule has 0 radical (unpaired) electrons. The molecule has 0 saturated carbocycles. The predicted octanol–water partition coefficient (Wildman–Crippen LogP) is 2.68. The first-order valence-electron chi connectivity index (χ1n) is 8.15. The maximum Gasteiger partial charge on any atom is 0.235 e. The lowest BCUT2D eigenvalue weighted by molar-refractivity contribution is -0.113. The fourth-order valence-corrected chi connectivity index (χ4v) is 4.17. The van der Waals surface area contributed by atoms with Gasteiger partial charge in [0.15, 0.2) is 5.16 Å². The first-order valence-corrected chi connectivity index (χ1v) is 10.0. The molecule has 7 nitrogen and oxygen atoms in total. The first-order chi connectivity index (χ1) is 12.2. The second-order valence-electron chi connectivity index (χ2n) is 5.61. The molecule has 3 heterocycles. The van der Waals surface area contributed by atoms with Crippen molar-refractivity contribution in [1.82, 2.24) is 14.8 Å². The number of thiophene rings is 1. The van der Waals surface area contributed by atoms with Crippen molar-refractivity contribution in [3.63, 3.8) is 0 Å². The number of thioether (sulfide) groups is 1. The van der Waals surface area contributed by atoms with Gasteiger partial charge in [0.05, 0.1) is 24.0 Å². The molecule has 0 aliphatic carbocycles. The van der Waals surface area contributed by atoms with E-state index in [1.54, 1.807) is 11.4 Å². The summed E-state index contributed by atoms with van der Waals surface area (Å²) in [6, 6.07) is 3.76. The molecule has 0 bridgehead atoms. The van der Waals surface area contributed by atoms with Crippen LogP contribution in [0.5, 0.6) is 0 Å². The lowest BCUT2D eigenvalue weighted by atomic mass is 10.2. The van der Waals surface area contributed by atoms with E-state index >= 15 is 0 Å². The molecule has 0 spiro atoms. The van der Waals surface area contributed by atoms with Crippen molar-refractivity contribution in [3.05, 3.63) is 22.8 Å². The second kappa shape index (κ2) is 8.47. The minimum absolute atomic E-state index is 0.159. The standard InChI is InChI=1S/C16H19N5O2S2/c1-2-13-19-20-16(21(13)9-12-4-3-6-23-12)25-10-14(22)18-15-11(8-17)5-7-24-15/h5,7,12H,2-4,6,9-10H2,1H3,(H,18,22). The van der Waals surface area contributed by atoms with E-state index in [-0.39, 0.29) is 17.8 Å². The van der Waals surface area contributed by atoms with Crippen LogP contribution in [0, 0.1) is 11.3 Å². The van der Waals surface area contributed by atoms with Crippen molar-refractivity contribution in [3.8, 4) is 6.07 Å². The van der Waals surface area contributed by atoms with Crippen LogP contribution in [0.1, 0.15) is 31.2 Å². The summed E-state index contributed by atoms with van der Waals surface area (Å²) in [5, 5.41) is 23.3. The Kier molecular flexibility index (Phi) is 6.07. The Bertz CT molecular complexity index is 774. The Morgan fingerprint density at radius 2 is 2.48 bits per heavy atom. The van der Waals surface area contributed by atoms with Crippen molar-refractivity contribution in [2.45, 2.75) is 44.0 Å². The Hall–Kier alpha value is -1.89. The van der Waals surface area contributed by atoms with Crippen LogP contribution in [-0.4, -0.2) is 39.1 Å². The number of nitrogens with zero attached hydrogens (tertiary/aromatic N) is 4. The van der Waals surface area contributed by atoms with Gasteiger partial charge in [0, 0.05) is 13.0 Å². The largest absolute Gasteiger partial charge is 0.376 e. The summed E-state index contributed by atoms with van der Waals surface area (Å²) >= 11 is 2.70. The Balaban J connectivity index is 1.61. The fraction of sp³-hybridized carbons (Fsp3) is 0.500. The zero-order valence-electron chi connectivity index (χ0n) is 13.9. The number of ether oxygens (including phenoxy) is 1. The number of hydrogen-bond acceptors (Lipinski definition) is 7. The Morgan fingerprint density at radius 3 is 3.20 bits per heavy atom. The maximum absolute atomic E-state index is 12.2. The van der Waals surface area contributed by atoms with Gasteiger partial charge < -0.3 is 14.6 Å². The van der Waals surface area contributed by atoms with Gasteiger partial charge in [-0.15, -0.1) is 21.5 Å². The molecule has 25 heavy (non-hydrogen) atoms. The van der Waals surface area contributed by atoms with Gasteiger partial charge in [-0.1, -0.05) is 18.7 Å². The van der Waals surface area contributed by atoms with E-state index in [0.717, 1.165) is 43.4 Å². The molecule has 9 heteroatoms. The number of nitrogens with one attached hydrogen (secondary N) is 1. The molecule has 1 aliphatic rings. The topological polar surface area (TPSA) is 92.8 Å². The van der Waals surface area contributed by atoms with Gasteiger partial charge in [-0.05, 0) is 24.3 Å². The average molecular weight is 377 g/mol. The minimum Gasteiger partial charge on any atom is -0.376 e. The van der Waals surface area contributed by atoms with Gasteiger partial charge >= 0.3 is 0 Å². The van der Waals surface area contributed by atoms with Gasteiger partial charge in [-0.2, -0.15) is 5.26 Å². The molecule has 1 atom stereocenters. The Labute approximate surface area is 154 Å². The van der Waals surface area contributed by atoms with Gasteiger partial charge in [0.25, 0.3) is 0 Å². The summed E-state index contributed by atoms with van der Waals surface area (Å²) in [5.74, 6) is 0.966. The highest BCUT2D eigenvalue weighted by Crippen LogP contribution is 2.24. The van der Waals surface area contributed by atoms with E-state index in [1.807, 2.05) is 6.92 Å². The fourth-order valence-electron chi connectivity index (χ4n) is 2.65. The van der Waals surface area contributed by atoms with Crippen molar-refractivity contribution in [2.75, 3.05) is 17.7 Å². The van der Waals surface area contributed by atoms with Crippen molar-refractivity contribution in [2.24, 2.45) is 0 Å².